The molecule has 1 atom stereocenters. The highest BCUT2D eigenvalue weighted by Gasteiger charge is 2.25. The van der Waals surface area contributed by atoms with Crippen molar-refractivity contribution in [3.05, 3.63) is 38.9 Å². The minimum Gasteiger partial charge on any atom is -0.447 e. The Labute approximate surface area is 95.3 Å². The summed E-state index contributed by atoms with van der Waals surface area (Å²) in [7, 11) is 0. The van der Waals surface area contributed by atoms with E-state index in [-0.39, 0.29) is 23.4 Å². The molecular formula is C9H7ClN2O4. The normalized spacial score (nSPS) is 19.1. The average molecular weight is 243 g/mol. The van der Waals surface area contributed by atoms with Gasteiger partial charge in [0.15, 0.2) is 0 Å². The Kier molecular flexibility index (Phi) is 2.66. The lowest BCUT2D eigenvalue weighted by Gasteiger charge is -2.07. The number of nitro groups is 1. The van der Waals surface area contributed by atoms with Crippen molar-refractivity contribution in [1.82, 2.24) is 5.32 Å². The molecule has 0 radical (unpaired) electrons. The molecule has 1 aliphatic rings. The molecule has 0 spiro atoms. The molecule has 84 valence electrons. The first-order valence-corrected chi connectivity index (χ1v) is 4.83. The number of hydrogen-bond donors (Lipinski definition) is 1. The van der Waals surface area contributed by atoms with Crippen LogP contribution in [0.5, 0.6) is 0 Å². The van der Waals surface area contributed by atoms with Gasteiger partial charge in [-0.25, -0.2) is 4.79 Å². The van der Waals surface area contributed by atoms with Crippen LogP contribution in [0.15, 0.2) is 18.2 Å². The molecule has 0 aromatic heterocycles. The molecule has 1 heterocycles. The predicted molar refractivity (Wildman–Crippen MR) is 55.3 cm³/mol. The standard InChI is InChI=1S/C9H7ClN2O4/c10-6-2-1-5(3-8(6)12(14)15)7-4-16-9(13)11-7/h1-3,7H,4H2,(H,11,13)/t7-/m1/s1. The molecule has 1 N–H and O–H groups in total. The van der Waals surface area contributed by atoms with Crippen molar-refractivity contribution < 1.29 is 14.5 Å². The Bertz CT molecular complexity index is 463. The summed E-state index contributed by atoms with van der Waals surface area (Å²) in [6.07, 6.45) is -0.525. The fraction of sp³-hybridized carbons (Fsp3) is 0.222. The van der Waals surface area contributed by atoms with Gasteiger partial charge in [-0.3, -0.25) is 10.1 Å². The summed E-state index contributed by atoms with van der Waals surface area (Å²) in [5.74, 6) is 0. The molecule has 0 aliphatic carbocycles. The number of amides is 1. The van der Waals surface area contributed by atoms with Crippen LogP contribution in [-0.2, 0) is 4.74 Å². The number of nitro benzene ring substituents is 1. The molecule has 1 amide bonds. The maximum absolute atomic E-state index is 10.8. The largest absolute Gasteiger partial charge is 0.447 e. The predicted octanol–water partition coefficient (Wildman–Crippen LogP) is 2.03. The molecule has 7 heteroatoms. The van der Waals surface area contributed by atoms with Gasteiger partial charge in [0.2, 0.25) is 0 Å². The highest BCUT2D eigenvalue weighted by molar-refractivity contribution is 6.32. The first kappa shape index (κ1) is 10.7. The molecule has 1 saturated heterocycles. The van der Waals surface area contributed by atoms with Crippen molar-refractivity contribution in [3.8, 4) is 0 Å². The van der Waals surface area contributed by atoms with Gasteiger partial charge < -0.3 is 10.1 Å². The molecule has 2 rings (SSSR count). The van der Waals surface area contributed by atoms with Gasteiger partial charge in [0.25, 0.3) is 5.69 Å². The summed E-state index contributed by atoms with van der Waals surface area (Å²) < 4.78 is 4.70. The van der Waals surface area contributed by atoms with E-state index in [1.165, 1.54) is 12.1 Å². The van der Waals surface area contributed by atoms with Crippen LogP contribution in [0.3, 0.4) is 0 Å². The summed E-state index contributed by atoms with van der Waals surface area (Å²) >= 11 is 5.67. The summed E-state index contributed by atoms with van der Waals surface area (Å²) in [5, 5.41) is 13.3. The van der Waals surface area contributed by atoms with Gasteiger partial charge in [-0.05, 0) is 11.6 Å². The molecule has 1 fully saturated rings. The number of carbonyl (C=O) groups is 1. The first-order valence-electron chi connectivity index (χ1n) is 4.45. The van der Waals surface area contributed by atoms with Gasteiger partial charge in [0.05, 0.1) is 11.0 Å². The molecule has 1 aromatic carbocycles. The number of carbonyl (C=O) groups excluding carboxylic acids is 1. The van der Waals surface area contributed by atoms with Crippen LogP contribution < -0.4 is 5.32 Å². The zero-order chi connectivity index (χ0) is 11.7. The van der Waals surface area contributed by atoms with E-state index >= 15 is 0 Å². The SMILES string of the molecule is O=C1N[C@@H](c2ccc(Cl)c([N+](=O)[O-])c2)CO1. The Morgan fingerprint density at radius 1 is 1.56 bits per heavy atom. The molecule has 0 saturated carbocycles. The van der Waals surface area contributed by atoms with E-state index < -0.39 is 11.0 Å². The molecule has 1 aliphatic heterocycles. The second-order valence-corrected chi connectivity index (χ2v) is 3.67. The zero-order valence-electron chi connectivity index (χ0n) is 7.97. The Hall–Kier alpha value is -1.82. The maximum atomic E-state index is 10.8. The number of alkyl carbamates (subject to hydrolysis) is 1. The van der Waals surface area contributed by atoms with E-state index in [0.29, 0.717) is 5.56 Å². The van der Waals surface area contributed by atoms with Crippen LogP contribution in [0, 0.1) is 10.1 Å². The van der Waals surface area contributed by atoms with Gasteiger partial charge in [-0.1, -0.05) is 17.7 Å². The van der Waals surface area contributed by atoms with E-state index in [9.17, 15) is 14.9 Å². The van der Waals surface area contributed by atoms with Gasteiger partial charge in [0.1, 0.15) is 11.6 Å². The van der Waals surface area contributed by atoms with Gasteiger partial charge in [-0.15, -0.1) is 0 Å². The van der Waals surface area contributed by atoms with Crippen molar-refractivity contribution in [2.45, 2.75) is 6.04 Å². The van der Waals surface area contributed by atoms with Crippen molar-refractivity contribution >= 4 is 23.4 Å². The van der Waals surface area contributed by atoms with E-state index in [0.717, 1.165) is 0 Å². The summed E-state index contributed by atoms with van der Waals surface area (Å²) in [5.41, 5.74) is 0.419. The van der Waals surface area contributed by atoms with Crippen LogP contribution in [0.2, 0.25) is 5.02 Å². The lowest BCUT2D eigenvalue weighted by Crippen LogP contribution is -2.18. The molecular weight excluding hydrogens is 236 g/mol. The minimum absolute atomic E-state index is 0.0685. The van der Waals surface area contributed by atoms with Crippen LogP contribution in [0.25, 0.3) is 0 Å². The van der Waals surface area contributed by atoms with Crippen molar-refractivity contribution in [3.63, 3.8) is 0 Å². The first-order chi connectivity index (χ1) is 7.58. The van der Waals surface area contributed by atoms with E-state index in [1.807, 2.05) is 0 Å². The fourth-order valence-corrected chi connectivity index (χ4v) is 1.64. The number of hydrogen-bond acceptors (Lipinski definition) is 4. The van der Waals surface area contributed by atoms with Crippen molar-refractivity contribution in [1.29, 1.82) is 0 Å². The van der Waals surface area contributed by atoms with Crippen LogP contribution in [0.4, 0.5) is 10.5 Å². The monoisotopic (exact) mass is 242 g/mol. The number of ether oxygens (including phenoxy) is 1. The molecule has 6 nitrogen and oxygen atoms in total. The molecule has 1 aromatic rings. The molecule has 0 bridgehead atoms. The summed E-state index contributed by atoms with van der Waals surface area (Å²) in [6.45, 7) is 0.164. The zero-order valence-corrected chi connectivity index (χ0v) is 8.73. The maximum Gasteiger partial charge on any atom is 0.407 e. The number of halogens is 1. The third kappa shape index (κ3) is 1.92. The third-order valence-electron chi connectivity index (χ3n) is 2.24. The highest BCUT2D eigenvalue weighted by Crippen LogP contribution is 2.28. The Balaban J connectivity index is 2.32. The Morgan fingerprint density at radius 2 is 2.31 bits per heavy atom. The second-order valence-electron chi connectivity index (χ2n) is 3.26. The number of nitrogens with one attached hydrogen (secondary N) is 1. The number of cyclic esters (lactones) is 1. The van der Waals surface area contributed by atoms with Gasteiger partial charge in [-0.2, -0.15) is 0 Å². The van der Waals surface area contributed by atoms with Gasteiger partial charge >= 0.3 is 6.09 Å². The number of benzene rings is 1. The summed E-state index contributed by atoms with van der Waals surface area (Å²) in [6, 6.07) is 4.03. The highest BCUT2D eigenvalue weighted by atomic mass is 35.5. The molecule has 0 unspecified atom stereocenters. The number of nitrogens with zero attached hydrogens (tertiary/aromatic N) is 1. The van der Waals surface area contributed by atoms with Crippen LogP contribution in [0.1, 0.15) is 11.6 Å². The van der Waals surface area contributed by atoms with Crippen LogP contribution in [-0.4, -0.2) is 17.6 Å². The average Bonchev–Trinajstić information content (AvgIpc) is 2.65. The van der Waals surface area contributed by atoms with Crippen molar-refractivity contribution in [2.75, 3.05) is 6.61 Å². The lowest BCUT2D eigenvalue weighted by molar-refractivity contribution is -0.384. The van der Waals surface area contributed by atoms with E-state index in [1.54, 1.807) is 6.07 Å². The quantitative estimate of drug-likeness (QED) is 0.635. The summed E-state index contributed by atoms with van der Waals surface area (Å²) in [4.78, 5) is 20.9. The van der Waals surface area contributed by atoms with Crippen molar-refractivity contribution in [2.24, 2.45) is 0 Å². The molecule has 16 heavy (non-hydrogen) atoms. The smallest absolute Gasteiger partial charge is 0.407 e. The third-order valence-corrected chi connectivity index (χ3v) is 2.56. The van der Waals surface area contributed by atoms with Crippen LogP contribution >= 0.6 is 11.6 Å². The van der Waals surface area contributed by atoms with E-state index in [4.69, 9.17) is 16.3 Å². The van der Waals surface area contributed by atoms with Gasteiger partial charge in [0, 0.05) is 6.07 Å². The Morgan fingerprint density at radius 3 is 2.88 bits per heavy atom. The van der Waals surface area contributed by atoms with E-state index in [2.05, 4.69) is 5.32 Å². The minimum atomic E-state index is -0.566. The fourth-order valence-electron chi connectivity index (χ4n) is 1.45. The second kappa shape index (κ2) is 3.97. The number of rotatable bonds is 2. The topological polar surface area (TPSA) is 81.5 Å². The lowest BCUT2D eigenvalue weighted by atomic mass is 10.1.